The van der Waals surface area contributed by atoms with Crippen LogP contribution in [0.15, 0.2) is 6.33 Å². The molecule has 0 unspecified atom stereocenters. The summed E-state index contributed by atoms with van der Waals surface area (Å²) in [7, 11) is -2.99. The molecule has 0 aliphatic carbocycles. The third-order valence-corrected chi connectivity index (χ3v) is 4.79. The van der Waals surface area contributed by atoms with Crippen molar-refractivity contribution in [2.45, 2.75) is 26.3 Å². The quantitative estimate of drug-likeness (QED) is 0.817. The minimum Gasteiger partial charge on any atom is -0.348 e. The van der Waals surface area contributed by atoms with E-state index in [4.69, 9.17) is 0 Å². The number of nitrogens with one attached hydrogen (secondary N) is 1. The highest BCUT2D eigenvalue weighted by molar-refractivity contribution is 7.91. The van der Waals surface area contributed by atoms with E-state index in [1.54, 1.807) is 13.8 Å². The predicted octanol–water partition coefficient (Wildman–Crippen LogP) is 0.0103. The molecule has 0 saturated carbocycles. The summed E-state index contributed by atoms with van der Waals surface area (Å²) < 4.78 is 22.6. The Morgan fingerprint density at radius 1 is 1.33 bits per heavy atom. The van der Waals surface area contributed by atoms with E-state index in [9.17, 15) is 13.2 Å². The average Bonchev–Trinajstić information content (AvgIpc) is 2.57. The summed E-state index contributed by atoms with van der Waals surface area (Å²) in [5, 5.41) is 2.73. The Labute approximate surface area is 106 Å². The molecule has 7 heteroatoms. The Balaban J connectivity index is 2.14. The fraction of sp³-hybridized carbons (Fsp3) is 0.545. The van der Waals surface area contributed by atoms with Gasteiger partial charge in [0.2, 0.25) is 0 Å². The molecular formula is C11H15N3O3S. The molecule has 1 fully saturated rings. The lowest BCUT2D eigenvalue weighted by atomic mass is 10.1. The van der Waals surface area contributed by atoms with E-state index in [0.29, 0.717) is 23.4 Å². The first-order chi connectivity index (χ1) is 8.39. The van der Waals surface area contributed by atoms with E-state index >= 15 is 0 Å². The summed E-state index contributed by atoms with van der Waals surface area (Å²) in [6, 6.07) is -0.304. The lowest BCUT2D eigenvalue weighted by Gasteiger charge is -2.12. The molecule has 98 valence electrons. The number of rotatable bonds is 2. The zero-order valence-electron chi connectivity index (χ0n) is 10.3. The number of aryl methyl sites for hydroxylation is 2. The summed E-state index contributed by atoms with van der Waals surface area (Å²) in [5.74, 6) is -0.140. The maximum atomic E-state index is 12.1. The van der Waals surface area contributed by atoms with Crippen LogP contribution in [0, 0.1) is 13.8 Å². The molecule has 1 aromatic heterocycles. The van der Waals surface area contributed by atoms with Gasteiger partial charge >= 0.3 is 0 Å². The van der Waals surface area contributed by atoms with Crippen molar-refractivity contribution in [1.29, 1.82) is 0 Å². The Kier molecular flexibility index (Phi) is 3.34. The van der Waals surface area contributed by atoms with E-state index in [0.717, 1.165) is 0 Å². The fourth-order valence-corrected chi connectivity index (χ4v) is 3.76. The number of carbonyl (C=O) groups excluding carboxylic acids is 1. The van der Waals surface area contributed by atoms with Gasteiger partial charge in [-0.2, -0.15) is 0 Å². The molecule has 2 rings (SSSR count). The number of hydrogen-bond acceptors (Lipinski definition) is 5. The molecule has 6 nitrogen and oxygen atoms in total. The molecule has 1 aliphatic rings. The first-order valence-electron chi connectivity index (χ1n) is 5.68. The number of hydrogen-bond donors (Lipinski definition) is 1. The van der Waals surface area contributed by atoms with E-state index in [1.807, 2.05) is 0 Å². The second kappa shape index (κ2) is 4.64. The third kappa shape index (κ3) is 2.66. The van der Waals surface area contributed by atoms with Crippen LogP contribution in [0.2, 0.25) is 0 Å². The van der Waals surface area contributed by atoms with Gasteiger partial charge in [-0.25, -0.2) is 18.4 Å². The van der Waals surface area contributed by atoms with Crippen LogP contribution in [-0.4, -0.2) is 41.8 Å². The first-order valence-corrected chi connectivity index (χ1v) is 7.50. The summed E-state index contributed by atoms with van der Waals surface area (Å²) in [5.41, 5.74) is 1.63. The number of sulfone groups is 1. The van der Waals surface area contributed by atoms with Gasteiger partial charge in [0, 0.05) is 6.04 Å². The topological polar surface area (TPSA) is 89.0 Å². The molecular weight excluding hydrogens is 254 g/mol. The molecule has 2 heterocycles. The van der Waals surface area contributed by atoms with Gasteiger partial charge in [0.15, 0.2) is 9.84 Å². The molecule has 0 spiro atoms. The van der Waals surface area contributed by atoms with Crippen molar-refractivity contribution >= 4 is 15.7 Å². The van der Waals surface area contributed by atoms with Crippen LogP contribution in [0.25, 0.3) is 0 Å². The minimum atomic E-state index is -2.99. The molecule has 1 saturated heterocycles. The van der Waals surface area contributed by atoms with Crippen molar-refractivity contribution in [3.63, 3.8) is 0 Å². The Bertz CT molecular complexity index is 563. The van der Waals surface area contributed by atoms with Crippen molar-refractivity contribution < 1.29 is 13.2 Å². The van der Waals surface area contributed by atoms with Gasteiger partial charge in [-0.3, -0.25) is 4.79 Å². The lowest BCUT2D eigenvalue weighted by Crippen LogP contribution is -2.36. The minimum absolute atomic E-state index is 0.0184. The van der Waals surface area contributed by atoms with Crippen LogP contribution in [0.5, 0.6) is 0 Å². The standard InChI is InChI=1S/C11H15N3O3S/c1-7-10(8(2)13-6-12-7)11(15)14-9-3-4-18(16,17)5-9/h6,9H,3-5H2,1-2H3,(H,14,15)/t9-/m0/s1. The molecule has 1 amide bonds. The molecule has 1 N–H and O–H groups in total. The van der Waals surface area contributed by atoms with E-state index < -0.39 is 9.84 Å². The Morgan fingerprint density at radius 3 is 2.44 bits per heavy atom. The van der Waals surface area contributed by atoms with Gasteiger partial charge in [0.1, 0.15) is 6.33 Å². The van der Waals surface area contributed by atoms with Crippen LogP contribution in [-0.2, 0) is 9.84 Å². The van der Waals surface area contributed by atoms with Gasteiger partial charge in [0.05, 0.1) is 28.5 Å². The lowest BCUT2D eigenvalue weighted by molar-refractivity contribution is 0.0939. The highest BCUT2D eigenvalue weighted by Gasteiger charge is 2.29. The maximum absolute atomic E-state index is 12.1. The van der Waals surface area contributed by atoms with Gasteiger partial charge in [-0.15, -0.1) is 0 Å². The largest absolute Gasteiger partial charge is 0.348 e. The smallest absolute Gasteiger partial charge is 0.255 e. The normalized spacial score (nSPS) is 21.8. The molecule has 1 aliphatic heterocycles. The SMILES string of the molecule is Cc1ncnc(C)c1C(=O)N[C@H]1CCS(=O)(=O)C1. The van der Waals surface area contributed by atoms with Crippen LogP contribution in [0.4, 0.5) is 0 Å². The highest BCUT2D eigenvalue weighted by Crippen LogP contribution is 2.14. The van der Waals surface area contributed by atoms with E-state index in [2.05, 4.69) is 15.3 Å². The zero-order valence-corrected chi connectivity index (χ0v) is 11.1. The number of carbonyl (C=O) groups is 1. The zero-order chi connectivity index (χ0) is 13.3. The van der Waals surface area contributed by atoms with Crippen LogP contribution in [0.3, 0.4) is 0 Å². The van der Waals surface area contributed by atoms with Crippen molar-refractivity contribution in [3.05, 3.63) is 23.3 Å². The maximum Gasteiger partial charge on any atom is 0.255 e. The highest BCUT2D eigenvalue weighted by atomic mass is 32.2. The first kappa shape index (κ1) is 12.9. The van der Waals surface area contributed by atoms with E-state index in [-0.39, 0.29) is 23.5 Å². The number of amides is 1. The monoisotopic (exact) mass is 269 g/mol. The molecule has 1 atom stereocenters. The molecule has 0 bridgehead atoms. The molecule has 1 aromatic rings. The average molecular weight is 269 g/mol. The van der Waals surface area contributed by atoms with Crippen LogP contribution in [0.1, 0.15) is 28.2 Å². The van der Waals surface area contributed by atoms with E-state index in [1.165, 1.54) is 6.33 Å². The van der Waals surface area contributed by atoms with Crippen molar-refractivity contribution in [3.8, 4) is 0 Å². The summed E-state index contributed by atoms with van der Waals surface area (Å²) in [6.07, 6.45) is 1.88. The molecule has 0 aromatic carbocycles. The van der Waals surface area contributed by atoms with Gasteiger partial charge in [0.25, 0.3) is 5.91 Å². The Morgan fingerprint density at radius 2 is 1.94 bits per heavy atom. The second-order valence-electron chi connectivity index (χ2n) is 4.49. The van der Waals surface area contributed by atoms with Crippen molar-refractivity contribution in [2.24, 2.45) is 0 Å². The van der Waals surface area contributed by atoms with Crippen molar-refractivity contribution in [2.75, 3.05) is 11.5 Å². The van der Waals surface area contributed by atoms with Gasteiger partial charge in [-0.1, -0.05) is 0 Å². The second-order valence-corrected chi connectivity index (χ2v) is 6.72. The van der Waals surface area contributed by atoms with Crippen molar-refractivity contribution in [1.82, 2.24) is 15.3 Å². The molecule has 0 radical (unpaired) electrons. The van der Waals surface area contributed by atoms with Crippen LogP contribution >= 0.6 is 0 Å². The van der Waals surface area contributed by atoms with Crippen LogP contribution < -0.4 is 5.32 Å². The molecule has 18 heavy (non-hydrogen) atoms. The predicted molar refractivity (Wildman–Crippen MR) is 66.0 cm³/mol. The van der Waals surface area contributed by atoms with Gasteiger partial charge in [-0.05, 0) is 20.3 Å². The summed E-state index contributed by atoms with van der Waals surface area (Å²) >= 11 is 0. The fourth-order valence-electron chi connectivity index (χ4n) is 2.09. The third-order valence-electron chi connectivity index (χ3n) is 3.02. The summed E-state index contributed by atoms with van der Waals surface area (Å²) in [4.78, 5) is 20.0. The van der Waals surface area contributed by atoms with Gasteiger partial charge < -0.3 is 5.32 Å². The Hall–Kier alpha value is -1.50. The number of aromatic nitrogens is 2. The number of nitrogens with zero attached hydrogens (tertiary/aromatic N) is 2. The summed E-state index contributed by atoms with van der Waals surface area (Å²) in [6.45, 7) is 3.46.